The fourth-order valence-electron chi connectivity index (χ4n) is 3.00. The monoisotopic (exact) mass is 338 g/mol. The van der Waals surface area contributed by atoms with Gasteiger partial charge in [0.25, 0.3) is 0 Å². The summed E-state index contributed by atoms with van der Waals surface area (Å²) in [4.78, 5) is 2.21. The highest BCUT2D eigenvalue weighted by Crippen LogP contribution is 2.24. The number of fused-ring (bicyclic) bond motifs is 1. The number of hydrogen-bond acceptors (Lipinski definition) is 5. The zero-order chi connectivity index (χ0) is 18.0. The van der Waals surface area contributed by atoms with Crippen LogP contribution >= 0.6 is 0 Å². The third kappa shape index (κ3) is 3.79. The lowest BCUT2D eigenvalue weighted by Gasteiger charge is -2.35. The predicted molar refractivity (Wildman–Crippen MR) is 102 cm³/mol. The quantitative estimate of drug-likeness (QED) is 0.748. The fourth-order valence-corrected chi connectivity index (χ4v) is 3.00. The summed E-state index contributed by atoms with van der Waals surface area (Å²) in [5.41, 5.74) is 1.85. The second-order valence-corrected chi connectivity index (χ2v) is 7.47. The molecule has 0 aliphatic carbocycles. The van der Waals surface area contributed by atoms with Crippen molar-refractivity contribution in [1.82, 2.24) is 24.7 Å². The smallest absolute Gasteiger partial charge is 0.185 e. The first kappa shape index (κ1) is 17.4. The Morgan fingerprint density at radius 2 is 1.80 bits per heavy atom. The minimum atomic E-state index is 0.107. The summed E-state index contributed by atoms with van der Waals surface area (Å²) in [6.07, 6.45) is 0. The van der Waals surface area contributed by atoms with Crippen LogP contribution in [-0.4, -0.2) is 51.4 Å². The van der Waals surface area contributed by atoms with E-state index in [9.17, 15) is 0 Å². The van der Waals surface area contributed by atoms with E-state index in [-0.39, 0.29) is 11.5 Å². The molecular weight excluding hydrogens is 312 g/mol. The third-order valence-electron chi connectivity index (χ3n) is 4.56. The Morgan fingerprint density at radius 1 is 1.08 bits per heavy atom. The molecule has 1 aromatic carbocycles. The van der Waals surface area contributed by atoms with Crippen LogP contribution in [0.15, 0.2) is 42.5 Å². The van der Waals surface area contributed by atoms with Gasteiger partial charge in [-0.15, -0.1) is 15.3 Å². The van der Waals surface area contributed by atoms with Gasteiger partial charge in [-0.05, 0) is 38.6 Å². The number of nitrogens with zero attached hydrogens (tertiary/aromatic N) is 5. The second-order valence-electron chi connectivity index (χ2n) is 7.47. The normalized spacial score (nSPS) is 13.4. The van der Waals surface area contributed by atoms with Crippen molar-refractivity contribution < 1.29 is 0 Å². The average molecular weight is 338 g/mol. The van der Waals surface area contributed by atoms with E-state index in [0.717, 1.165) is 29.4 Å². The molecule has 0 amide bonds. The van der Waals surface area contributed by atoms with Crippen molar-refractivity contribution in [3.63, 3.8) is 0 Å². The summed E-state index contributed by atoms with van der Waals surface area (Å²) in [6.45, 7) is 7.71. The van der Waals surface area contributed by atoms with Gasteiger partial charge in [-0.25, -0.2) is 0 Å². The van der Waals surface area contributed by atoms with Crippen LogP contribution in [0.25, 0.3) is 17.0 Å². The lowest BCUT2D eigenvalue weighted by molar-refractivity contribution is 0.217. The van der Waals surface area contributed by atoms with Gasteiger partial charge in [0.05, 0.1) is 0 Å². The van der Waals surface area contributed by atoms with Crippen LogP contribution in [0.3, 0.4) is 0 Å². The van der Waals surface area contributed by atoms with Crippen LogP contribution < -0.4 is 5.32 Å². The van der Waals surface area contributed by atoms with Gasteiger partial charge in [-0.1, -0.05) is 44.2 Å². The van der Waals surface area contributed by atoms with Crippen LogP contribution in [0.4, 0.5) is 5.82 Å². The highest BCUT2D eigenvalue weighted by molar-refractivity contribution is 5.59. The summed E-state index contributed by atoms with van der Waals surface area (Å²) >= 11 is 0. The molecule has 2 aromatic heterocycles. The minimum absolute atomic E-state index is 0.107. The molecular formula is C19H26N6. The molecule has 6 nitrogen and oxygen atoms in total. The molecule has 0 radical (unpaired) electrons. The van der Waals surface area contributed by atoms with Crippen molar-refractivity contribution in [3.05, 3.63) is 42.5 Å². The molecule has 25 heavy (non-hydrogen) atoms. The van der Waals surface area contributed by atoms with Crippen LogP contribution in [-0.2, 0) is 0 Å². The predicted octanol–water partition coefficient (Wildman–Crippen LogP) is 3.18. The first-order valence-electron chi connectivity index (χ1n) is 8.56. The van der Waals surface area contributed by atoms with E-state index < -0.39 is 0 Å². The maximum absolute atomic E-state index is 4.71. The molecule has 0 saturated carbocycles. The molecule has 3 rings (SSSR count). The molecule has 0 saturated heterocycles. The van der Waals surface area contributed by atoms with Gasteiger partial charge < -0.3 is 10.2 Å². The molecule has 2 heterocycles. The van der Waals surface area contributed by atoms with Gasteiger partial charge in [-0.3, -0.25) is 0 Å². The number of benzene rings is 1. The molecule has 132 valence electrons. The number of rotatable bonds is 6. The molecule has 0 spiro atoms. The fraction of sp³-hybridized carbons (Fsp3) is 0.421. The summed E-state index contributed by atoms with van der Waals surface area (Å²) in [5.74, 6) is 1.57. The lowest BCUT2D eigenvalue weighted by Crippen LogP contribution is -2.41. The Bertz CT molecular complexity index is 838. The van der Waals surface area contributed by atoms with E-state index >= 15 is 0 Å². The Morgan fingerprint density at radius 3 is 2.48 bits per heavy atom. The van der Waals surface area contributed by atoms with Gasteiger partial charge in [0.2, 0.25) is 0 Å². The first-order chi connectivity index (χ1) is 11.9. The second kappa shape index (κ2) is 6.80. The summed E-state index contributed by atoms with van der Waals surface area (Å²) < 4.78 is 1.79. The molecule has 1 atom stereocenters. The van der Waals surface area contributed by atoms with Crippen LogP contribution in [0.1, 0.15) is 20.8 Å². The summed E-state index contributed by atoms with van der Waals surface area (Å²) in [6, 6.07) is 14.2. The van der Waals surface area contributed by atoms with Gasteiger partial charge in [-0.2, -0.15) is 4.52 Å². The number of aromatic nitrogens is 4. The van der Waals surface area contributed by atoms with Crippen molar-refractivity contribution >= 4 is 11.5 Å². The summed E-state index contributed by atoms with van der Waals surface area (Å²) in [7, 11) is 4.20. The Labute approximate surface area is 148 Å². The minimum Gasteiger partial charge on any atom is -0.366 e. The highest BCUT2D eigenvalue weighted by atomic mass is 15.4. The van der Waals surface area contributed by atoms with Crippen LogP contribution in [0.2, 0.25) is 0 Å². The van der Waals surface area contributed by atoms with E-state index in [1.54, 1.807) is 4.52 Å². The molecule has 0 fully saturated rings. The van der Waals surface area contributed by atoms with Crippen LogP contribution in [0, 0.1) is 5.41 Å². The molecule has 0 aliphatic rings. The topological polar surface area (TPSA) is 58.4 Å². The zero-order valence-electron chi connectivity index (χ0n) is 15.6. The van der Waals surface area contributed by atoms with Gasteiger partial charge in [0.1, 0.15) is 5.82 Å². The maximum atomic E-state index is 4.71. The van der Waals surface area contributed by atoms with E-state index in [1.165, 1.54) is 0 Å². The molecule has 3 aromatic rings. The van der Waals surface area contributed by atoms with Crippen molar-refractivity contribution in [2.24, 2.45) is 5.41 Å². The van der Waals surface area contributed by atoms with Gasteiger partial charge >= 0.3 is 0 Å². The van der Waals surface area contributed by atoms with Crippen molar-refractivity contribution in [2.45, 2.75) is 26.8 Å². The van der Waals surface area contributed by atoms with Crippen LogP contribution in [0.5, 0.6) is 0 Å². The zero-order valence-corrected chi connectivity index (χ0v) is 15.6. The number of nitrogens with one attached hydrogen (secondary N) is 1. The SMILES string of the molecule is CC(Nc1ccc2nnc(-c3ccccc3)n2n1)C(C)(C)CN(C)C. The summed E-state index contributed by atoms with van der Waals surface area (Å²) in [5, 5.41) is 16.8. The van der Waals surface area contributed by atoms with Crippen molar-refractivity contribution in [2.75, 3.05) is 26.0 Å². The number of hydrogen-bond donors (Lipinski definition) is 1. The van der Waals surface area contributed by atoms with E-state index in [0.29, 0.717) is 0 Å². The third-order valence-corrected chi connectivity index (χ3v) is 4.56. The van der Waals surface area contributed by atoms with Gasteiger partial charge in [0, 0.05) is 18.2 Å². The Hall–Kier alpha value is -2.47. The van der Waals surface area contributed by atoms with Gasteiger partial charge in [0.15, 0.2) is 11.5 Å². The molecule has 6 heteroatoms. The molecule has 1 N–H and O–H groups in total. The van der Waals surface area contributed by atoms with E-state index in [4.69, 9.17) is 5.10 Å². The number of anilines is 1. The maximum Gasteiger partial charge on any atom is 0.185 e. The lowest BCUT2D eigenvalue weighted by atomic mass is 9.85. The van der Waals surface area contributed by atoms with Crippen molar-refractivity contribution in [1.29, 1.82) is 0 Å². The Balaban J connectivity index is 1.88. The molecule has 1 unspecified atom stereocenters. The molecule has 0 bridgehead atoms. The van der Waals surface area contributed by atoms with E-state index in [2.05, 4.69) is 55.3 Å². The standard InChI is InChI=1S/C19H26N6/c1-14(19(2,3)13-24(4)5)20-16-11-12-17-21-22-18(25(17)23-16)15-9-7-6-8-10-15/h6-12,14H,13H2,1-5H3,(H,20,23). The highest BCUT2D eigenvalue weighted by Gasteiger charge is 2.27. The first-order valence-corrected chi connectivity index (χ1v) is 8.56. The molecule has 0 aliphatic heterocycles. The largest absolute Gasteiger partial charge is 0.366 e. The average Bonchev–Trinajstić information content (AvgIpc) is 2.97. The van der Waals surface area contributed by atoms with E-state index in [1.807, 2.05) is 42.5 Å². The Kier molecular flexibility index (Phi) is 4.72. The van der Waals surface area contributed by atoms with Crippen molar-refractivity contribution in [3.8, 4) is 11.4 Å².